The third-order valence-corrected chi connectivity index (χ3v) is 2.60. The van der Waals surface area contributed by atoms with Crippen molar-refractivity contribution in [3.63, 3.8) is 0 Å². The number of rotatable bonds is 2. The molecule has 5 nitrogen and oxygen atoms in total. The molecule has 0 atom stereocenters. The molecule has 1 aromatic carbocycles. The Bertz CT molecular complexity index is 479. The summed E-state index contributed by atoms with van der Waals surface area (Å²) in [5, 5.41) is 8.87. The summed E-state index contributed by atoms with van der Waals surface area (Å²) in [4.78, 5) is 13.3. The molecule has 5 heteroatoms. The van der Waals surface area contributed by atoms with Crippen LogP contribution < -0.4 is 9.64 Å². The van der Waals surface area contributed by atoms with Crippen molar-refractivity contribution in [2.75, 3.05) is 31.8 Å². The van der Waals surface area contributed by atoms with Gasteiger partial charge in [0.1, 0.15) is 18.4 Å². The lowest BCUT2D eigenvalue weighted by Crippen LogP contribution is -2.41. The smallest absolute Gasteiger partial charge is 0.253 e. The quantitative estimate of drug-likeness (QED) is 0.761. The zero-order valence-electron chi connectivity index (χ0n) is 9.47. The molecule has 1 saturated heterocycles. The van der Waals surface area contributed by atoms with Gasteiger partial charge in [-0.1, -0.05) is 0 Å². The number of morpholine rings is 1. The van der Waals surface area contributed by atoms with Crippen LogP contribution in [0.25, 0.3) is 0 Å². The fourth-order valence-corrected chi connectivity index (χ4v) is 1.73. The van der Waals surface area contributed by atoms with Gasteiger partial charge >= 0.3 is 0 Å². The Kier molecular flexibility index (Phi) is 3.26. The topological polar surface area (TPSA) is 62.6 Å². The van der Waals surface area contributed by atoms with Crippen molar-refractivity contribution in [2.24, 2.45) is 0 Å². The summed E-state index contributed by atoms with van der Waals surface area (Å²) < 4.78 is 10.2. The molecule has 0 spiro atoms. The van der Waals surface area contributed by atoms with E-state index in [0.29, 0.717) is 24.5 Å². The van der Waals surface area contributed by atoms with Crippen LogP contribution in [0.3, 0.4) is 0 Å². The van der Waals surface area contributed by atoms with Crippen molar-refractivity contribution in [3.8, 4) is 11.8 Å². The molecular formula is C12H12N2O3. The Morgan fingerprint density at radius 2 is 2.35 bits per heavy atom. The van der Waals surface area contributed by atoms with Gasteiger partial charge in [-0.25, -0.2) is 0 Å². The summed E-state index contributed by atoms with van der Waals surface area (Å²) in [6.07, 6.45) is 0. The second-order valence-corrected chi connectivity index (χ2v) is 3.59. The van der Waals surface area contributed by atoms with Gasteiger partial charge in [0.2, 0.25) is 0 Å². The third kappa shape index (κ3) is 2.22. The first-order chi connectivity index (χ1) is 8.26. The van der Waals surface area contributed by atoms with Crippen molar-refractivity contribution in [2.45, 2.75) is 0 Å². The number of carbonyl (C=O) groups excluding carboxylic acids is 1. The fraction of sp³-hybridized carbons (Fsp3) is 0.333. The van der Waals surface area contributed by atoms with E-state index in [-0.39, 0.29) is 12.5 Å². The minimum absolute atomic E-state index is 0.0805. The van der Waals surface area contributed by atoms with E-state index < -0.39 is 0 Å². The lowest BCUT2D eigenvalue weighted by Gasteiger charge is -2.27. The van der Waals surface area contributed by atoms with Crippen molar-refractivity contribution in [3.05, 3.63) is 23.8 Å². The Hall–Kier alpha value is -2.06. The Morgan fingerprint density at radius 3 is 3.00 bits per heavy atom. The molecule has 0 saturated carbocycles. The van der Waals surface area contributed by atoms with Gasteiger partial charge in [-0.15, -0.1) is 0 Å². The molecule has 1 aromatic rings. The summed E-state index contributed by atoms with van der Waals surface area (Å²) in [6.45, 7) is 1.14. The van der Waals surface area contributed by atoms with E-state index in [0.717, 1.165) is 5.69 Å². The molecule has 88 valence electrons. The number of nitrogens with zero attached hydrogens (tertiary/aromatic N) is 2. The Labute approximate surface area is 99.2 Å². The molecule has 0 aromatic heterocycles. The highest BCUT2D eigenvalue weighted by atomic mass is 16.5. The molecular weight excluding hydrogens is 220 g/mol. The van der Waals surface area contributed by atoms with E-state index in [1.807, 2.05) is 6.07 Å². The van der Waals surface area contributed by atoms with Crippen LogP contribution in [0.1, 0.15) is 5.56 Å². The fourth-order valence-electron chi connectivity index (χ4n) is 1.73. The average molecular weight is 232 g/mol. The number of hydrogen-bond acceptors (Lipinski definition) is 4. The predicted molar refractivity (Wildman–Crippen MR) is 60.9 cm³/mol. The van der Waals surface area contributed by atoms with Gasteiger partial charge in [0.05, 0.1) is 19.3 Å². The molecule has 0 radical (unpaired) electrons. The predicted octanol–water partition coefficient (Wildman–Crippen LogP) is 0.930. The van der Waals surface area contributed by atoms with Gasteiger partial charge in [-0.2, -0.15) is 5.26 Å². The zero-order chi connectivity index (χ0) is 12.3. The molecule has 1 heterocycles. The zero-order valence-corrected chi connectivity index (χ0v) is 9.47. The number of benzene rings is 1. The normalized spacial score (nSPS) is 15.5. The summed E-state index contributed by atoms with van der Waals surface area (Å²) in [5.41, 5.74) is 1.19. The number of amides is 1. The molecule has 0 aliphatic carbocycles. The largest absolute Gasteiger partial charge is 0.495 e. The van der Waals surface area contributed by atoms with Gasteiger partial charge in [0, 0.05) is 18.3 Å². The molecule has 1 aliphatic rings. The lowest BCUT2D eigenvalue weighted by atomic mass is 10.1. The van der Waals surface area contributed by atoms with Crippen LogP contribution in [0.5, 0.6) is 5.75 Å². The third-order valence-electron chi connectivity index (χ3n) is 2.60. The summed E-state index contributed by atoms with van der Waals surface area (Å²) in [6, 6.07) is 7.12. The minimum Gasteiger partial charge on any atom is -0.495 e. The van der Waals surface area contributed by atoms with Gasteiger partial charge < -0.3 is 14.4 Å². The number of methoxy groups -OCH3 is 1. The maximum Gasteiger partial charge on any atom is 0.253 e. The van der Waals surface area contributed by atoms with Crippen molar-refractivity contribution < 1.29 is 14.3 Å². The van der Waals surface area contributed by atoms with E-state index >= 15 is 0 Å². The highest BCUT2D eigenvalue weighted by molar-refractivity contribution is 5.95. The number of ether oxygens (including phenoxy) is 2. The maximum atomic E-state index is 11.6. The van der Waals surface area contributed by atoms with Crippen LogP contribution in [0.2, 0.25) is 0 Å². The molecule has 1 aliphatic heterocycles. The first-order valence-electron chi connectivity index (χ1n) is 5.22. The average Bonchev–Trinajstić information content (AvgIpc) is 2.38. The van der Waals surface area contributed by atoms with Crippen molar-refractivity contribution >= 4 is 11.6 Å². The molecule has 0 unspecified atom stereocenters. The van der Waals surface area contributed by atoms with Gasteiger partial charge in [-0.3, -0.25) is 4.79 Å². The monoisotopic (exact) mass is 232 g/mol. The first kappa shape index (κ1) is 11.4. The Balaban J connectivity index is 2.33. The van der Waals surface area contributed by atoms with E-state index in [2.05, 4.69) is 0 Å². The van der Waals surface area contributed by atoms with Crippen LogP contribution in [0.4, 0.5) is 5.69 Å². The molecule has 2 rings (SSSR count). The Morgan fingerprint density at radius 1 is 1.53 bits per heavy atom. The van der Waals surface area contributed by atoms with Crippen LogP contribution >= 0.6 is 0 Å². The SMILES string of the molecule is COc1cc(N2CCOCC2=O)ccc1C#N. The second kappa shape index (κ2) is 4.85. The lowest BCUT2D eigenvalue weighted by molar-refractivity contribution is -0.125. The van der Waals surface area contributed by atoms with Crippen LogP contribution in [-0.2, 0) is 9.53 Å². The minimum atomic E-state index is -0.0805. The van der Waals surface area contributed by atoms with E-state index in [1.54, 1.807) is 23.1 Å². The van der Waals surface area contributed by atoms with Gasteiger partial charge in [-0.05, 0) is 12.1 Å². The van der Waals surface area contributed by atoms with E-state index in [1.165, 1.54) is 7.11 Å². The number of nitriles is 1. The number of hydrogen-bond donors (Lipinski definition) is 0. The van der Waals surface area contributed by atoms with Gasteiger partial charge in [0.25, 0.3) is 5.91 Å². The van der Waals surface area contributed by atoms with Crippen molar-refractivity contribution in [1.29, 1.82) is 5.26 Å². The summed E-state index contributed by atoms with van der Waals surface area (Å²) in [7, 11) is 1.50. The van der Waals surface area contributed by atoms with Gasteiger partial charge in [0.15, 0.2) is 0 Å². The van der Waals surface area contributed by atoms with Crippen LogP contribution in [0.15, 0.2) is 18.2 Å². The molecule has 17 heavy (non-hydrogen) atoms. The molecule has 0 bridgehead atoms. The molecule has 1 fully saturated rings. The van der Waals surface area contributed by atoms with Crippen LogP contribution in [0, 0.1) is 11.3 Å². The van der Waals surface area contributed by atoms with E-state index in [4.69, 9.17) is 14.7 Å². The maximum absolute atomic E-state index is 11.6. The second-order valence-electron chi connectivity index (χ2n) is 3.59. The number of carbonyl (C=O) groups is 1. The summed E-state index contributed by atoms with van der Waals surface area (Å²) >= 11 is 0. The highest BCUT2D eigenvalue weighted by Crippen LogP contribution is 2.25. The molecule has 1 amide bonds. The van der Waals surface area contributed by atoms with E-state index in [9.17, 15) is 4.79 Å². The summed E-state index contributed by atoms with van der Waals surface area (Å²) in [5.74, 6) is 0.396. The first-order valence-corrected chi connectivity index (χ1v) is 5.22. The number of anilines is 1. The molecule has 0 N–H and O–H groups in total. The standard InChI is InChI=1S/C12H12N2O3/c1-16-11-6-10(3-2-9(11)7-13)14-4-5-17-8-12(14)15/h2-3,6H,4-5,8H2,1H3. The van der Waals surface area contributed by atoms with Crippen molar-refractivity contribution in [1.82, 2.24) is 0 Å². The highest BCUT2D eigenvalue weighted by Gasteiger charge is 2.21. The van der Waals surface area contributed by atoms with Crippen LogP contribution in [-0.4, -0.2) is 32.8 Å².